The predicted molar refractivity (Wildman–Crippen MR) is 124 cm³/mol. The van der Waals surface area contributed by atoms with Crippen molar-refractivity contribution in [1.29, 1.82) is 0 Å². The van der Waals surface area contributed by atoms with Crippen molar-refractivity contribution in [2.24, 2.45) is 0 Å². The molecule has 7 nitrogen and oxygen atoms in total. The first-order chi connectivity index (χ1) is 15.6. The fourth-order valence-electron chi connectivity index (χ4n) is 5.52. The second kappa shape index (κ2) is 9.16. The fraction of sp³-hybridized carbons (Fsp3) is 0.560. The molecule has 2 aromatic rings. The zero-order valence-corrected chi connectivity index (χ0v) is 18.9. The number of likely N-dealkylation sites (tertiary alicyclic amines) is 1. The normalized spacial score (nSPS) is 24.0. The van der Waals surface area contributed by atoms with Gasteiger partial charge >= 0.3 is 0 Å². The van der Waals surface area contributed by atoms with E-state index in [1.165, 1.54) is 0 Å². The highest BCUT2D eigenvalue weighted by atomic mass is 16.5. The Morgan fingerprint density at radius 2 is 1.78 bits per heavy atom. The summed E-state index contributed by atoms with van der Waals surface area (Å²) in [5, 5.41) is 0. The van der Waals surface area contributed by atoms with Crippen molar-refractivity contribution in [3.63, 3.8) is 0 Å². The van der Waals surface area contributed by atoms with Crippen LogP contribution in [0.15, 0.2) is 42.7 Å². The topological polar surface area (TPSA) is 61.8 Å². The Hall–Kier alpha value is -2.51. The first-order valence-corrected chi connectivity index (χ1v) is 11.9. The standard InChI is InChI=1S/C25H33N5O2/c1-20-22(5-4-11-26-20)24(31)30-12-8-25(9-13-30)19-21(7-18-32-25)28-14-16-29(17-15-28)23-6-2-3-10-27-23/h2-6,10-11,21H,7-9,12-19H2,1H3/t21-/m1/s1. The van der Waals surface area contributed by atoms with Gasteiger partial charge in [-0.15, -0.1) is 0 Å². The molecule has 170 valence electrons. The number of aryl methyl sites for hydroxylation is 1. The van der Waals surface area contributed by atoms with Gasteiger partial charge in [0.05, 0.1) is 11.2 Å². The van der Waals surface area contributed by atoms with Gasteiger partial charge in [0, 0.05) is 70.0 Å². The van der Waals surface area contributed by atoms with E-state index in [2.05, 4.69) is 31.9 Å². The molecule has 2 aromatic heterocycles. The number of ether oxygens (including phenoxy) is 1. The maximum atomic E-state index is 13.0. The number of anilines is 1. The molecule has 5 heterocycles. The number of aromatic nitrogens is 2. The van der Waals surface area contributed by atoms with Crippen LogP contribution in [0, 0.1) is 6.92 Å². The molecule has 7 heteroatoms. The van der Waals surface area contributed by atoms with E-state index in [0.29, 0.717) is 6.04 Å². The Labute approximate surface area is 190 Å². The highest BCUT2D eigenvalue weighted by Crippen LogP contribution is 2.37. The summed E-state index contributed by atoms with van der Waals surface area (Å²) in [4.78, 5) is 28.8. The number of hydrogen-bond donors (Lipinski definition) is 0. The number of amides is 1. The number of piperidine rings is 1. The Morgan fingerprint density at radius 3 is 2.50 bits per heavy atom. The lowest BCUT2D eigenvalue weighted by atomic mass is 9.81. The molecule has 0 radical (unpaired) electrons. The third-order valence-corrected chi connectivity index (χ3v) is 7.47. The van der Waals surface area contributed by atoms with Gasteiger partial charge in [-0.25, -0.2) is 4.98 Å². The summed E-state index contributed by atoms with van der Waals surface area (Å²) in [5.74, 6) is 1.18. The molecule has 5 rings (SSSR count). The maximum absolute atomic E-state index is 13.0. The lowest BCUT2D eigenvalue weighted by Gasteiger charge is -2.49. The van der Waals surface area contributed by atoms with Gasteiger partial charge in [0.2, 0.25) is 0 Å². The van der Waals surface area contributed by atoms with E-state index in [9.17, 15) is 4.79 Å². The summed E-state index contributed by atoms with van der Waals surface area (Å²) in [7, 11) is 0. The lowest BCUT2D eigenvalue weighted by molar-refractivity contribution is -0.130. The van der Waals surface area contributed by atoms with Crippen LogP contribution in [0.25, 0.3) is 0 Å². The molecule has 0 bridgehead atoms. The number of nitrogens with zero attached hydrogens (tertiary/aromatic N) is 5. The number of carbonyl (C=O) groups excluding carboxylic acids is 1. The third kappa shape index (κ3) is 4.36. The van der Waals surface area contributed by atoms with E-state index in [1.54, 1.807) is 6.20 Å². The van der Waals surface area contributed by atoms with E-state index in [-0.39, 0.29) is 11.5 Å². The molecule has 0 unspecified atom stereocenters. The minimum absolute atomic E-state index is 0.0815. The SMILES string of the molecule is Cc1ncccc1C(=O)N1CCC2(CC1)C[C@H](N1CCN(c3ccccn3)CC1)CCO2. The number of hydrogen-bond acceptors (Lipinski definition) is 6. The van der Waals surface area contributed by atoms with E-state index < -0.39 is 0 Å². The van der Waals surface area contributed by atoms with Crippen molar-refractivity contribution >= 4 is 11.7 Å². The van der Waals surface area contributed by atoms with Crippen molar-refractivity contribution in [3.05, 3.63) is 54.0 Å². The predicted octanol–water partition coefficient (Wildman–Crippen LogP) is 2.76. The molecule has 0 N–H and O–H groups in total. The molecule has 3 aliphatic heterocycles. The van der Waals surface area contributed by atoms with Gasteiger partial charge in [-0.05, 0) is 56.9 Å². The summed E-state index contributed by atoms with van der Waals surface area (Å²) in [5.41, 5.74) is 1.44. The molecule has 0 aliphatic carbocycles. The number of rotatable bonds is 3. The summed E-state index contributed by atoms with van der Waals surface area (Å²) in [6.07, 6.45) is 7.62. The Balaban J connectivity index is 1.16. The fourth-order valence-corrected chi connectivity index (χ4v) is 5.52. The minimum Gasteiger partial charge on any atom is -0.375 e. The molecular weight excluding hydrogens is 402 g/mol. The van der Waals surface area contributed by atoms with E-state index in [0.717, 1.165) is 88.6 Å². The number of piperazine rings is 1. The zero-order chi connectivity index (χ0) is 22.0. The third-order valence-electron chi connectivity index (χ3n) is 7.47. The van der Waals surface area contributed by atoms with Crippen molar-refractivity contribution in [2.45, 2.75) is 44.2 Å². The van der Waals surface area contributed by atoms with Gasteiger partial charge in [0.15, 0.2) is 0 Å². The molecule has 1 amide bonds. The first kappa shape index (κ1) is 21.3. The molecule has 3 saturated heterocycles. The highest BCUT2D eigenvalue weighted by Gasteiger charge is 2.43. The van der Waals surface area contributed by atoms with Gasteiger partial charge in [-0.3, -0.25) is 14.7 Å². The zero-order valence-electron chi connectivity index (χ0n) is 18.9. The Bertz CT molecular complexity index is 921. The van der Waals surface area contributed by atoms with Crippen LogP contribution >= 0.6 is 0 Å². The summed E-state index contributed by atoms with van der Waals surface area (Å²) < 4.78 is 6.38. The summed E-state index contributed by atoms with van der Waals surface area (Å²) in [6, 6.07) is 10.4. The van der Waals surface area contributed by atoms with Crippen LogP contribution in [-0.4, -0.2) is 83.2 Å². The Morgan fingerprint density at radius 1 is 1.00 bits per heavy atom. The first-order valence-electron chi connectivity index (χ1n) is 11.9. The molecular formula is C25H33N5O2. The van der Waals surface area contributed by atoms with Crippen LogP contribution < -0.4 is 4.90 Å². The smallest absolute Gasteiger partial charge is 0.255 e. The van der Waals surface area contributed by atoms with Crippen LogP contribution in [0.2, 0.25) is 0 Å². The van der Waals surface area contributed by atoms with Crippen LogP contribution in [0.1, 0.15) is 41.7 Å². The van der Waals surface area contributed by atoms with Crippen LogP contribution in [0.3, 0.4) is 0 Å². The quantitative estimate of drug-likeness (QED) is 0.739. The van der Waals surface area contributed by atoms with Crippen LogP contribution in [0.5, 0.6) is 0 Å². The second-order valence-electron chi connectivity index (χ2n) is 9.32. The lowest BCUT2D eigenvalue weighted by Crippen LogP contribution is -2.57. The average Bonchev–Trinajstić information content (AvgIpc) is 2.85. The number of pyridine rings is 2. The van der Waals surface area contributed by atoms with Crippen LogP contribution in [-0.2, 0) is 4.74 Å². The van der Waals surface area contributed by atoms with E-state index in [1.807, 2.05) is 36.2 Å². The molecule has 3 aliphatic rings. The number of carbonyl (C=O) groups is 1. The van der Waals surface area contributed by atoms with Gasteiger partial charge in [0.25, 0.3) is 5.91 Å². The van der Waals surface area contributed by atoms with E-state index in [4.69, 9.17) is 4.74 Å². The molecule has 1 atom stereocenters. The van der Waals surface area contributed by atoms with Crippen molar-refractivity contribution in [2.75, 3.05) is 50.8 Å². The molecule has 0 saturated carbocycles. The summed E-state index contributed by atoms with van der Waals surface area (Å²) >= 11 is 0. The maximum Gasteiger partial charge on any atom is 0.255 e. The van der Waals surface area contributed by atoms with Crippen molar-refractivity contribution < 1.29 is 9.53 Å². The van der Waals surface area contributed by atoms with Crippen LogP contribution in [0.4, 0.5) is 5.82 Å². The van der Waals surface area contributed by atoms with Gasteiger partial charge in [0.1, 0.15) is 5.82 Å². The summed E-state index contributed by atoms with van der Waals surface area (Å²) in [6.45, 7) is 8.43. The van der Waals surface area contributed by atoms with Crippen molar-refractivity contribution in [3.8, 4) is 0 Å². The van der Waals surface area contributed by atoms with Gasteiger partial charge in [-0.2, -0.15) is 0 Å². The monoisotopic (exact) mass is 435 g/mol. The minimum atomic E-state index is -0.0815. The molecule has 32 heavy (non-hydrogen) atoms. The van der Waals surface area contributed by atoms with Gasteiger partial charge in [-0.1, -0.05) is 6.07 Å². The van der Waals surface area contributed by atoms with Crippen molar-refractivity contribution in [1.82, 2.24) is 19.8 Å². The largest absolute Gasteiger partial charge is 0.375 e. The van der Waals surface area contributed by atoms with Gasteiger partial charge < -0.3 is 14.5 Å². The highest BCUT2D eigenvalue weighted by molar-refractivity contribution is 5.95. The molecule has 3 fully saturated rings. The van der Waals surface area contributed by atoms with E-state index >= 15 is 0 Å². The Kier molecular flexibility index (Phi) is 6.11. The molecule has 1 spiro atoms. The molecule has 0 aromatic carbocycles. The average molecular weight is 436 g/mol. The second-order valence-corrected chi connectivity index (χ2v) is 9.32.